The van der Waals surface area contributed by atoms with Crippen LogP contribution in [-0.4, -0.2) is 44.8 Å². The van der Waals surface area contributed by atoms with Crippen LogP contribution >= 0.6 is 0 Å². The number of aliphatic carboxylic acids is 1. The highest BCUT2D eigenvalue weighted by Gasteiger charge is 2.31. The maximum absolute atomic E-state index is 12.9. The van der Waals surface area contributed by atoms with Crippen LogP contribution in [0.4, 0.5) is 0 Å². The molecule has 1 heterocycles. The van der Waals surface area contributed by atoms with Gasteiger partial charge in [0.25, 0.3) is 5.91 Å². The summed E-state index contributed by atoms with van der Waals surface area (Å²) < 4.78 is 1.67. The van der Waals surface area contributed by atoms with E-state index in [1.807, 2.05) is 52.0 Å². The summed E-state index contributed by atoms with van der Waals surface area (Å²) in [6.45, 7) is 9.43. The van der Waals surface area contributed by atoms with Crippen LogP contribution in [0.25, 0.3) is 5.69 Å². The second-order valence-electron chi connectivity index (χ2n) is 7.35. The first kappa shape index (κ1) is 18.7. The molecule has 0 aliphatic rings. The lowest BCUT2D eigenvalue weighted by Gasteiger charge is -2.23. The Balaban J connectivity index is 2.51. The summed E-state index contributed by atoms with van der Waals surface area (Å²) in [5.41, 5.74) is 2.70. The molecule has 0 spiro atoms. The summed E-state index contributed by atoms with van der Waals surface area (Å²) in [7, 11) is 1.50. The number of carboxylic acid groups (broad SMARTS) is 1. The quantitative estimate of drug-likeness (QED) is 0.926. The molecule has 0 saturated carbocycles. The van der Waals surface area contributed by atoms with Crippen molar-refractivity contribution in [3.05, 3.63) is 47.3 Å². The SMILES string of the molecule is Cc1ccc(-n2cc(C(=O)N(C)C(C)C(=O)O)c(C(C)(C)C)n2)cc1. The zero-order valence-electron chi connectivity index (χ0n) is 15.6. The Morgan fingerprint density at radius 3 is 2.24 bits per heavy atom. The largest absolute Gasteiger partial charge is 0.480 e. The Hall–Kier alpha value is -2.63. The van der Waals surface area contributed by atoms with Crippen molar-refractivity contribution >= 4 is 11.9 Å². The molecule has 25 heavy (non-hydrogen) atoms. The van der Waals surface area contributed by atoms with Crippen molar-refractivity contribution in [2.24, 2.45) is 0 Å². The van der Waals surface area contributed by atoms with Crippen LogP contribution in [0.2, 0.25) is 0 Å². The third-order valence-corrected chi connectivity index (χ3v) is 4.21. The van der Waals surface area contributed by atoms with Gasteiger partial charge in [0.05, 0.1) is 16.9 Å². The second kappa shape index (κ2) is 6.70. The van der Waals surface area contributed by atoms with E-state index >= 15 is 0 Å². The van der Waals surface area contributed by atoms with Gasteiger partial charge in [0.2, 0.25) is 0 Å². The molecule has 134 valence electrons. The number of amides is 1. The third kappa shape index (κ3) is 3.90. The van der Waals surface area contributed by atoms with Gasteiger partial charge in [-0.2, -0.15) is 5.10 Å². The van der Waals surface area contributed by atoms with Gasteiger partial charge in [0, 0.05) is 18.7 Å². The highest BCUT2D eigenvalue weighted by molar-refractivity contribution is 5.97. The summed E-state index contributed by atoms with van der Waals surface area (Å²) >= 11 is 0. The van der Waals surface area contributed by atoms with E-state index in [2.05, 4.69) is 5.10 Å². The predicted molar refractivity (Wildman–Crippen MR) is 96.2 cm³/mol. The average molecular weight is 343 g/mol. The zero-order chi connectivity index (χ0) is 18.9. The zero-order valence-corrected chi connectivity index (χ0v) is 15.6. The highest BCUT2D eigenvalue weighted by atomic mass is 16.4. The molecule has 6 heteroatoms. The van der Waals surface area contributed by atoms with Crippen molar-refractivity contribution < 1.29 is 14.7 Å². The van der Waals surface area contributed by atoms with Crippen molar-refractivity contribution in [3.63, 3.8) is 0 Å². The topological polar surface area (TPSA) is 75.4 Å². The van der Waals surface area contributed by atoms with Gasteiger partial charge < -0.3 is 10.0 Å². The monoisotopic (exact) mass is 343 g/mol. The number of aryl methyl sites for hydroxylation is 1. The minimum absolute atomic E-state index is 0.349. The van der Waals surface area contributed by atoms with E-state index in [-0.39, 0.29) is 11.3 Å². The molecule has 1 unspecified atom stereocenters. The minimum atomic E-state index is -1.04. The number of carbonyl (C=O) groups excluding carboxylic acids is 1. The van der Waals surface area contributed by atoms with Gasteiger partial charge in [0.15, 0.2) is 0 Å². The van der Waals surface area contributed by atoms with Crippen molar-refractivity contribution in [2.75, 3.05) is 7.05 Å². The summed E-state index contributed by atoms with van der Waals surface area (Å²) in [4.78, 5) is 25.3. The molecule has 0 saturated heterocycles. The van der Waals surface area contributed by atoms with Gasteiger partial charge in [-0.3, -0.25) is 4.79 Å². The number of aromatic nitrogens is 2. The molecule has 2 rings (SSSR count). The number of hydrogen-bond donors (Lipinski definition) is 1. The highest BCUT2D eigenvalue weighted by Crippen LogP contribution is 2.27. The van der Waals surface area contributed by atoms with Crippen LogP contribution in [0.3, 0.4) is 0 Å². The first-order valence-corrected chi connectivity index (χ1v) is 8.19. The number of nitrogens with zero attached hydrogens (tertiary/aromatic N) is 3. The van der Waals surface area contributed by atoms with E-state index in [4.69, 9.17) is 0 Å². The van der Waals surface area contributed by atoms with E-state index in [1.165, 1.54) is 18.9 Å². The van der Waals surface area contributed by atoms with Gasteiger partial charge >= 0.3 is 5.97 Å². The molecule has 0 radical (unpaired) electrons. The van der Waals surface area contributed by atoms with E-state index in [9.17, 15) is 14.7 Å². The van der Waals surface area contributed by atoms with Crippen molar-refractivity contribution in [3.8, 4) is 5.69 Å². The fraction of sp³-hybridized carbons (Fsp3) is 0.421. The number of rotatable bonds is 4. The van der Waals surface area contributed by atoms with Crippen LogP contribution in [0, 0.1) is 6.92 Å². The molecule has 0 bridgehead atoms. The third-order valence-electron chi connectivity index (χ3n) is 4.21. The number of benzene rings is 1. The molecule has 1 N–H and O–H groups in total. The van der Waals surface area contributed by atoms with Gasteiger partial charge in [-0.15, -0.1) is 0 Å². The maximum Gasteiger partial charge on any atom is 0.326 e. The molecule has 0 aliphatic heterocycles. The van der Waals surface area contributed by atoms with Gasteiger partial charge in [-0.05, 0) is 26.0 Å². The lowest BCUT2D eigenvalue weighted by molar-refractivity contribution is -0.141. The number of hydrogen-bond acceptors (Lipinski definition) is 3. The number of carbonyl (C=O) groups is 2. The smallest absolute Gasteiger partial charge is 0.326 e. The summed E-state index contributed by atoms with van der Waals surface area (Å²) in [5.74, 6) is -1.39. The van der Waals surface area contributed by atoms with E-state index in [0.717, 1.165) is 11.3 Å². The lowest BCUT2D eigenvalue weighted by atomic mass is 9.89. The molecule has 0 fully saturated rings. The number of likely N-dealkylation sites (N-methyl/N-ethyl adjacent to an activating group) is 1. The molecule has 2 aromatic rings. The van der Waals surface area contributed by atoms with Crippen molar-refractivity contribution in [2.45, 2.75) is 46.1 Å². The maximum atomic E-state index is 12.9. The molecule has 6 nitrogen and oxygen atoms in total. The first-order chi connectivity index (χ1) is 11.5. The predicted octanol–water partition coefficient (Wildman–Crippen LogP) is 3.02. The minimum Gasteiger partial charge on any atom is -0.480 e. The molecule has 1 aromatic heterocycles. The molecule has 1 atom stereocenters. The standard InChI is InChI=1S/C19H25N3O3/c1-12-7-9-14(10-8-12)22-11-15(16(20-22)19(3,4)5)17(23)21(6)13(2)18(24)25/h7-11,13H,1-6H3,(H,24,25). The van der Waals surface area contributed by atoms with E-state index in [1.54, 1.807) is 10.9 Å². The molecular formula is C19H25N3O3. The summed E-state index contributed by atoms with van der Waals surface area (Å²) in [6.07, 6.45) is 1.68. The van der Waals surface area contributed by atoms with Crippen LogP contribution in [0.15, 0.2) is 30.5 Å². The average Bonchev–Trinajstić information content (AvgIpc) is 2.98. The van der Waals surface area contributed by atoms with Crippen LogP contribution in [0.1, 0.15) is 49.3 Å². The number of carboxylic acids is 1. The Kier molecular flexibility index (Phi) is 5.02. The Bertz CT molecular complexity index is 785. The molecule has 1 aromatic carbocycles. The van der Waals surface area contributed by atoms with E-state index in [0.29, 0.717) is 11.3 Å². The fourth-order valence-electron chi connectivity index (χ4n) is 2.45. The van der Waals surface area contributed by atoms with Gasteiger partial charge in [-0.25, -0.2) is 9.48 Å². The summed E-state index contributed by atoms with van der Waals surface area (Å²) in [6, 6.07) is 6.92. The van der Waals surface area contributed by atoms with E-state index < -0.39 is 12.0 Å². The lowest BCUT2D eigenvalue weighted by Crippen LogP contribution is -2.40. The summed E-state index contributed by atoms with van der Waals surface area (Å²) in [5, 5.41) is 13.8. The molecule has 0 aliphatic carbocycles. The first-order valence-electron chi connectivity index (χ1n) is 8.19. The van der Waals surface area contributed by atoms with Gasteiger partial charge in [-0.1, -0.05) is 38.5 Å². The van der Waals surface area contributed by atoms with Crippen LogP contribution in [-0.2, 0) is 10.2 Å². The van der Waals surface area contributed by atoms with Crippen LogP contribution in [0.5, 0.6) is 0 Å². The Morgan fingerprint density at radius 1 is 1.20 bits per heavy atom. The normalized spacial score (nSPS) is 12.7. The van der Waals surface area contributed by atoms with Crippen molar-refractivity contribution in [1.82, 2.24) is 14.7 Å². The molecular weight excluding hydrogens is 318 g/mol. The van der Waals surface area contributed by atoms with Gasteiger partial charge in [0.1, 0.15) is 6.04 Å². The second-order valence-corrected chi connectivity index (χ2v) is 7.35. The van der Waals surface area contributed by atoms with Crippen molar-refractivity contribution in [1.29, 1.82) is 0 Å². The van der Waals surface area contributed by atoms with Crippen LogP contribution < -0.4 is 0 Å². The molecule has 1 amide bonds. The Labute approximate surface area is 148 Å². The fourth-order valence-corrected chi connectivity index (χ4v) is 2.45. The Morgan fingerprint density at radius 2 is 1.76 bits per heavy atom.